The molecule has 0 radical (unpaired) electrons. The molecule has 2 N–H and O–H groups in total. The van der Waals surface area contributed by atoms with Crippen molar-refractivity contribution < 1.29 is 10.2 Å². The Morgan fingerprint density at radius 2 is 1.06 bits per heavy atom. The van der Waals surface area contributed by atoms with Gasteiger partial charge in [0.25, 0.3) is 0 Å². The van der Waals surface area contributed by atoms with Gasteiger partial charge in [0.05, 0.1) is 0 Å². The van der Waals surface area contributed by atoms with Crippen LogP contribution in [0.2, 0.25) is 0 Å². The fourth-order valence-electron chi connectivity index (χ4n) is 1.24. The van der Waals surface area contributed by atoms with Gasteiger partial charge in [-0.15, -0.1) is 0 Å². The zero-order valence-electron chi connectivity index (χ0n) is 9.89. The van der Waals surface area contributed by atoms with Crippen LogP contribution in [0.15, 0.2) is 30.6 Å². The van der Waals surface area contributed by atoms with Gasteiger partial charge in [0.2, 0.25) is 0 Å². The summed E-state index contributed by atoms with van der Waals surface area (Å²) in [5.74, 6) is 0. The van der Waals surface area contributed by atoms with Crippen LogP contribution in [-0.4, -0.2) is 28.4 Å². The van der Waals surface area contributed by atoms with Gasteiger partial charge in [0, 0.05) is 25.6 Å². The number of rotatable bonds is 7. The molecule has 0 saturated heterocycles. The molecule has 1 aromatic heterocycles. The molecule has 0 spiro atoms. The molecule has 16 heavy (non-hydrogen) atoms. The van der Waals surface area contributed by atoms with Gasteiger partial charge in [-0.3, -0.25) is 4.98 Å². The third-order valence-electron chi connectivity index (χ3n) is 2.13. The predicted molar refractivity (Wildman–Crippen MR) is 66.1 cm³/mol. The van der Waals surface area contributed by atoms with Crippen LogP contribution in [0.5, 0.6) is 0 Å². The Hall–Kier alpha value is -0.930. The highest BCUT2D eigenvalue weighted by molar-refractivity contribution is 4.88. The van der Waals surface area contributed by atoms with Crippen LogP contribution in [0.3, 0.4) is 0 Å². The largest absolute Gasteiger partial charge is 0.396 e. The molecule has 0 atom stereocenters. The summed E-state index contributed by atoms with van der Waals surface area (Å²) in [6.07, 6.45) is 10.0. The number of nitrogens with zero attached hydrogens (tertiary/aromatic N) is 1. The lowest BCUT2D eigenvalue weighted by molar-refractivity contribution is 0.275. The van der Waals surface area contributed by atoms with Crippen LogP contribution < -0.4 is 0 Å². The van der Waals surface area contributed by atoms with Gasteiger partial charge in [-0.1, -0.05) is 31.7 Å². The number of hydrogen-bond acceptors (Lipinski definition) is 3. The second-order valence-corrected chi connectivity index (χ2v) is 3.59. The summed E-state index contributed by atoms with van der Waals surface area (Å²) in [6, 6.07) is 5.72. The van der Waals surface area contributed by atoms with Crippen molar-refractivity contribution in [3.63, 3.8) is 0 Å². The first-order valence-electron chi connectivity index (χ1n) is 5.98. The van der Waals surface area contributed by atoms with Crippen molar-refractivity contribution >= 4 is 0 Å². The van der Waals surface area contributed by atoms with Gasteiger partial charge >= 0.3 is 0 Å². The Labute approximate surface area is 98.2 Å². The fraction of sp³-hybridized carbons (Fsp3) is 0.615. The van der Waals surface area contributed by atoms with Crippen molar-refractivity contribution in [3.8, 4) is 0 Å². The number of aliphatic hydroxyl groups is 2. The van der Waals surface area contributed by atoms with Crippen molar-refractivity contribution in [2.45, 2.75) is 38.5 Å². The standard InChI is InChI=1S/C8H18O2.C5H5N/c9-7-5-3-1-2-4-6-8-10;1-2-4-6-5-3-1/h9-10H,1-8H2;1-5H. The van der Waals surface area contributed by atoms with Gasteiger partial charge in [-0.25, -0.2) is 0 Å². The summed E-state index contributed by atoms with van der Waals surface area (Å²) in [5, 5.41) is 16.9. The highest BCUT2D eigenvalue weighted by Crippen LogP contribution is 2.03. The minimum absolute atomic E-state index is 0.319. The monoisotopic (exact) mass is 225 g/mol. The molecule has 0 aromatic carbocycles. The van der Waals surface area contributed by atoms with E-state index in [1.54, 1.807) is 12.4 Å². The van der Waals surface area contributed by atoms with E-state index in [-0.39, 0.29) is 0 Å². The molecule has 1 heterocycles. The molecule has 0 bridgehead atoms. The summed E-state index contributed by atoms with van der Waals surface area (Å²) in [7, 11) is 0. The molecule has 0 saturated carbocycles. The lowest BCUT2D eigenvalue weighted by atomic mass is 10.1. The second kappa shape index (κ2) is 14.1. The topological polar surface area (TPSA) is 53.4 Å². The molecule has 3 heteroatoms. The van der Waals surface area contributed by atoms with Crippen molar-refractivity contribution in [3.05, 3.63) is 30.6 Å². The van der Waals surface area contributed by atoms with Crippen molar-refractivity contribution in [1.29, 1.82) is 0 Å². The number of hydrogen-bond donors (Lipinski definition) is 2. The Morgan fingerprint density at radius 1 is 0.625 bits per heavy atom. The highest BCUT2D eigenvalue weighted by atomic mass is 16.3. The zero-order valence-corrected chi connectivity index (χ0v) is 9.89. The predicted octanol–water partition coefficient (Wildman–Crippen LogP) is 2.39. The van der Waals surface area contributed by atoms with E-state index in [2.05, 4.69) is 4.98 Å². The molecule has 0 aliphatic rings. The van der Waals surface area contributed by atoms with Gasteiger partial charge in [-0.05, 0) is 25.0 Å². The molecule has 1 rings (SSSR count). The zero-order chi connectivity index (χ0) is 11.9. The minimum Gasteiger partial charge on any atom is -0.396 e. The first-order valence-corrected chi connectivity index (χ1v) is 5.98. The van der Waals surface area contributed by atoms with Crippen molar-refractivity contribution in [1.82, 2.24) is 4.98 Å². The maximum absolute atomic E-state index is 8.43. The number of aromatic nitrogens is 1. The van der Waals surface area contributed by atoms with Gasteiger partial charge in [-0.2, -0.15) is 0 Å². The van der Waals surface area contributed by atoms with Gasteiger partial charge < -0.3 is 10.2 Å². The maximum Gasteiger partial charge on any atom is 0.0431 e. The van der Waals surface area contributed by atoms with Crippen LogP contribution in [0, 0.1) is 0 Å². The third kappa shape index (κ3) is 13.1. The summed E-state index contributed by atoms with van der Waals surface area (Å²) in [5.41, 5.74) is 0. The van der Waals surface area contributed by atoms with E-state index in [0.29, 0.717) is 13.2 Å². The minimum atomic E-state index is 0.319. The third-order valence-corrected chi connectivity index (χ3v) is 2.13. The second-order valence-electron chi connectivity index (χ2n) is 3.59. The first-order chi connectivity index (χ1) is 7.91. The number of unbranched alkanes of at least 4 members (excludes halogenated alkanes) is 5. The van der Waals surface area contributed by atoms with E-state index in [4.69, 9.17) is 10.2 Å². The van der Waals surface area contributed by atoms with E-state index in [9.17, 15) is 0 Å². The molecule has 3 nitrogen and oxygen atoms in total. The lowest BCUT2D eigenvalue weighted by Gasteiger charge is -1.97. The maximum atomic E-state index is 8.43. The smallest absolute Gasteiger partial charge is 0.0431 e. The normalized spacial score (nSPS) is 9.38. The van der Waals surface area contributed by atoms with Crippen molar-refractivity contribution in [2.24, 2.45) is 0 Å². The van der Waals surface area contributed by atoms with Crippen LogP contribution >= 0.6 is 0 Å². The molecule has 0 aliphatic heterocycles. The summed E-state index contributed by atoms with van der Waals surface area (Å²) < 4.78 is 0. The van der Waals surface area contributed by atoms with Gasteiger partial charge in [0.1, 0.15) is 0 Å². The van der Waals surface area contributed by atoms with Gasteiger partial charge in [0.15, 0.2) is 0 Å². The Balaban J connectivity index is 0.000000315. The molecule has 0 fully saturated rings. The molecule has 1 aromatic rings. The summed E-state index contributed by atoms with van der Waals surface area (Å²) in [4.78, 5) is 3.78. The van der Waals surface area contributed by atoms with E-state index >= 15 is 0 Å². The van der Waals surface area contributed by atoms with Crippen LogP contribution in [0.4, 0.5) is 0 Å². The van der Waals surface area contributed by atoms with E-state index in [0.717, 1.165) is 25.7 Å². The Kier molecular flexibility index (Phi) is 13.3. The summed E-state index contributed by atoms with van der Waals surface area (Å²) in [6.45, 7) is 0.639. The van der Waals surface area contributed by atoms with E-state index in [1.807, 2.05) is 18.2 Å². The SMILES string of the molecule is OCCCCCCCCO.c1ccncc1. The molecular weight excluding hydrogens is 202 g/mol. The molecule has 92 valence electrons. The quantitative estimate of drug-likeness (QED) is 0.701. The van der Waals surface area contributed by atoms with Crippen LogP contribution in [0.25, 0.3) is 0 Å². The molecule has 0 amide bonds. The Morgan fingerprint density at radius 3 is 1.31 bits per heavy atom. The van der Waals surface area contributed by atoms with E-state index in [1.165, 1.54) is 12.8 Å². The summed E-state index contributed by atoms with van der Waals surface area (Å²) >= 11 is 0. The van der Waals surface area contributed by atoms with E-state index < -0.39 is 0 Å². The van der Waals surface area contributed by atoms with Crippen LogP contribution in [-0.2, 0) is 0 Å². The number of pyridine rings is 1. The molecule has 0 aliphatic carbocycles. The average Bonchev–Trinajstić information content (AvgIpc) is 2.37. The Bertz CT molecular complexity index is 170. The lowest BCUT2D eigenvalue weighted by Crippen LogP contribution is -1.85. The average molecular weight is 225 g/mol. The van der Waals surface area contributed by atoms with Crippen LogP contribution in [0.1, 0.15) is 38.5 Å². The highest BCUT2D eigenvalue weighted by Gasteiger charge is 1.88. The molecule has 0 unspecified atom stereocenters. The first kappa shape index (κ1) is 15.1. The number of aliphatic hydroxyl groups excluding tert-OH is 2. The van der Waals surface area contributed by atoms with Crippen molar-refractivity contribution in [2.75, 3.05) is 13.2 Å². The fourth-order valence-corrected chi connectivity index (χ4v) is 1.24. The molecular formula is C13H23NO2.